The van der Waals surface area contributed by atoms with Gasteiger partial charge in [-0.2, -0.15) is 15.8 Å². The van der Waals surface area contributed by atoms with Gasteiger partial charge in [0.15, 0.2) is 0 Å². The summed E-state index contributed by atoms with van der Waals surface area (Å²) >= 11 is 0. The number of benzene rings is 4. The average molecular weight is 472 g/mol. The number of nitrogens with zero attached hydrogens (tertiary/aromatic N) is 5. The quantitative estimate of drug-likeness (QED) is 0.275. The van der Waals surface area contributed by atoms with Crippen molar-refractivity contribution in [2.24, 2.45) is 0 Å². The molecular weight excluding hydrogens is 454 g/mol. The Morgan fingerprint density at radius 1 is 0.568 bits per heavy atom. The van der Waals surface area contributed by atoms with Crippen LogP contribution < -0.4 is 0 Å². The van der Waals surface area contributed by atoms with Gasteiger partial charge in [0, 0.05) is 34.4 Å². The number of para-hydroxylation sites is 1. The van der Waals surface area contributed by atoms with Crippen LogP contribution >= 0.6 is 0 Å². The minimum atomic E-state index is 0.448. The van der Waals surface area contributed by atoms with Gasteiger partial charge in [0.1, 0.15) is 0 Å². The number of nitriles is 3. The standard InChI is InChI=1S/C32H17N5/c33-18-21-13-22(19-34)15-26(14-21)24-6-8-29-28-3-1-2-4-31(28)37(32(29)16-24)27-7-5-25(20-35)30(17-27)23-9-11-36-12-10-23/h1-17H. The van der Waals surface area contributed by atoms with Crippen molar-refractivity contribution in [2.75, 3.05) is 0 Å². The number of pyridine rings is 1. The number of hydrogen-bond acceptors (Lipinski definition) is 4. The van der Waals surface area contributed by atoms with Crippen molar-refractivity contribution in [1.82, 2.24) is 9.55 Å². The summed E-state index contributed by atoms with van der Waals surface area (Å²) in [4.78, 5) is 4.12. The monoisotopic (exact) mass is 471 g/mol. The first kappa shape index (κ1) is 21.8. The molecule has 6 rings (SSSR count). The molecule has 5 nitrogen and oxygen atoms in total. The number of rotatable bonds is 3. The Labute approximate surface area is 213 Å². The van der Waals surface area contributed by atoms with Crippen LogP contribution in [0.1, 0.15) is 16.7 Å². The summed E-state index contributed by atoms with van der Waals surface area (Å²) in [6.07, 6.45) is 3.45. The normalized spacial score (nSPS) is 10.6. The molecule has 0 bridgehead atoms. The van der Waals surface area contributed by atoms with E-state index in [-0.39, 0.29) is 0 Å². The van der Waals surface area contributed by atoms with E-state index in [1.54, 1.807) is 30.6 Å². The largest absolute Gasteiger partial charge is 0.309 e. The SMILES string of the molecule is N#Cc1cc(C#N)cc(-c2ccc3c4ccccc4n(-c4ccc(C#N)c(-c5ccncc5)c4)c3c2)c1. The highest BCUT2D eigenvalue weighted by atomic mass is 15.0. The molecule has 0 aliphatic rings. The molecule has 0 spiro atoms. The number of aromatic nitrogens is 2. The van der Waals surface area contributed by atoms with Crippen molar-refractivity contribution in [1.29, 1.82) is 15.8 Å². The van der Waals surface area contributed by atoms with E-state index in [9.17, 15) is 15.8 Å². The van der Waals surface area contributed by atoms with Crippen molar-refractivity contribution in [3.63, 3.8) is 0 Å². The Kier molecular flexibility index (Phi) is 5.20. The summed E-state index contributed by atoms with van der Waals surface area (Å²) in [5, 5.41) is 30.9. The molecular formula is C32H17N5. The summed E-state index contributed by atoms with van der Waals surface area (Å²) in [6.45, 7) is 0. The van der Waals surface area contributed by atoms with Gasteiger partial charge in [-0.05, 0) is 77.4 Å². The Bertz CT molecular complexity index is 1930. The predicted octanol–water partition coefficient (Wildman–Crippen LogP) is 7.13. The third kappa shape index (κ3) is 3.67. The van der Waals surface area contributed by atoms with E-state index in [2.05, 4.69) is 52.0 Å². The lowest BCUT2D eigenvalue weighted by Crippen LogP contribution is -1.96. The third-order valence-electron chi connectivity index (χ3n) is 6.57. The van der Waals surface area contributed by atoms with Gasteiger partial charge in [0.05, 0.1) is 45.9 Å². The van der Waals surface area contributed by atoms with Crippen molar-refractivity contribution in [2.45, 2.75) is 0 Å². The minimum absolute atomic E-state index is 0.448. The molecule has 2 aromatic heterocycles. The first-order valence-corrected chi connectivity index (χ1v) is 11.6. The van der Waals surface area contributed by atoms with Gasteiger partial charge in [0.25, 0.3) is 0 Å². The van der Waals surface area contributed by atoms with Crippen LogP contribution in [0.2, 0.25) is 0 Å². The second-order valence-electron chi connectivity index (χ2n) is 8.68. The zero-order valence-corrected chi connectivity index (χ0v) is 19.6. The second kappa shape index (κ2) is 8.82. The summed E-state index contributed by atoms with van der Waals surface area (Å²) in [6, 6.07) is 35.9. The van der Waals surface area contributed by atoms with E-state index in [1.807, 2.05) is 48.5 Å². The Morgan fingerprint density at radius 3 is 2.03 bits per heavy atom. The molecule has 0 fully saturated rings. The molecule has 6 aromatic rings. The molecule has 5 heteroatoms. The van der Waals surface area contributed by atoms with E-state index in [0.29, 0.717) is 16.7 Å². The first-order chi connectivity index (χ1) is 18.2. The van der Waals surface area contributed by atoms with Gasteiger partial charge in [-0.1, -0.05) is 30.3 Å². The molecule has 170 valence electrons. The molecule has 0 saturated heterocycles. The Balaban J connectivity index is 1.64. The average Bonchev–Trinajstić information content (AvgIpc) is 3.30. The number of fused-ring (bicyclic) bond motifs is 3. The molecule has 0 unspecified atom stereocenters. The van der Waals surface area contributed by atoms with Crippen LogP contribution in [0.4, 0.5) is 0 Å². The van der Waals surface area contributed by atoms with E-state index in [4.69, 9.17) is 0 Å². The van der Waals surface area contributed by atoms with Crippen LogP contribution in [0.25, 0.3) is 49.7 Å². The molecule has 0 amide bonds. The van der Waals surface area contributed by atoms with Crippen LogP contribution in [0.3, 0.4) is 0 Å². The molecule has 4 aromatic carbocycles. The van der Waals surface area contributed by atoms with Crippen LogP contribution in [-0.4, -0.2) is 9.55 Å². The predicted molar refractivity (Wildman–Crippen MR) is 144 cm³/mol. The summed E-state index contributed by atoms with van der Waals surface area (Å²) in [7, 11) is 0. The van der Waals surface area contributed by atoms with E-state index >= 15 is 0 Å². The summed E-state index contributed by atoms with van der Waals surface area (Å²) in [5.41, 5.74) is 7.93. The van der Waals surface area contributed by atoms with Crippen LogP contribution in [0.5, 0.6) is 0 Å². The van der Waals surface area contributed by atoms with Crippen LogP contribution in [-0.2, 0) is 0 Å². The van der Waals surface area contributed by atoms with Crippen molar-refractivity contribution in [3.8, 4) is 46.1 Å². The highest BCUT2D eigenvalue weighted by molar-refractivity contribution is 6.10. The highest BCUT2D eigenvalue weighted by Crippen LogP contribution is 2.36. The topological polar surface area (TPSA) is 89.2 Å². The molecule has 37 heavy (non-hydrogen) atoms. The maximum atomic E-state index is 9.77. The first-order valence-electron chi connectivity index (χ1n) is 11.6. The Morgan fingerprint density at radius 2 is 1.30 bits per heavy atom. The fraction of sp³-hybridized carbons (Fsp3) is 0. The minimum Gasteiger partial charge on any atom is -0.309 e. The van der Waals surface area contributed by atoms with Gasteiger partial charge >= 0.3 is 0 Å². The smallest absolute Gasteiger partial charge is 0.0998 e. The maximum absolute atomic E-state index is 9.77. The molecule has 0 N–H and O–H groups in total. The van der Waals surface area contributed by atoms with E-state index in [1.165, 1.54) is 0 Å². The van der Waals surface area contributed by atoms with E-state index < -0.39 is 0 Å². The molecule has 0 atom stereocenters. The van der Waals surface area contributed by atoms with Gasteiger partial charge in [-0.25, -0.2) is 0 Å². The lowest BCUT2D eigenvalue weighted by molar-refractivity contribution is 1.18. The fourth-order valence-corrected chi connectivity index (χ4v) is 4.89. The van der Waals surface area contributed by atoms with Gasteiger partial charge in [0.2, 0.25) is 0 Å². The lowest BCUT2D eigenvalue weighted by Gasteiger charge is -2.12. The zero-order valence-electron chi connectivity index (χ0n) is 19.6. The third-order valence-corrected chi connectivity index (χ3v) is 6.57. The van der Waals surface area contributed by atoms with Crippen LogP contribution in [0, 0.1) is 34.0 Å². The maximum Gasteiger partial charge on any atom is 0.0998 e. The van der Waals surface area contributed by atoms with Crippen LogP contribution in [0.15, 0.2) is 103 Å². The van der Waals surface area contributed by atoms with Crippen molar-refractivity contribution in [3.05, 3.63) is 120 Å². The van der Waals surface area contributed by atoms with Crippen molar-refractivity contribution < 1.29 is 0 Å². The molecule has 0 saturated carbocycles. The number of hydrogen-bond donors (Lipinski definition) is 0. The Hall–Kier alpha value is -5.70. The van der Waals surface area contributed by atoms with Gasteiger partial charge < -0.3 is 4.57 Å². The molecule has 0 aliphatic heterocycles. The van der Waals surface area contributed by atoms with Gasteiger partial charge in [-0.15, -0.1) is 0 Å². The second-order valence-corrected chi connectivity index (χ2v) is 8.68. The summed E-state index contributed by atoms with van der Waals surface area (Å²) in [5.74, 6) is 0. The highest BCUT2D eigenvalue weighted by Gasteiger charge is 2.15. The molecule has 0 aliphatic carbocycles. The zero-order chi connectivity index (χ0) is 25.4. The molecule has 0 radical (unpaired) electrons. The fourth-order valence-electron chi connectivity index (χ4n) is 4.89. The van der Waals surface area contributed by atoms with E-state index in [0.717, 1.165) is 49.7 Å². The molecule has 2 heterocycles. The lowest BCUT2D eigenvalue weighted by atomic mass is 9.99. The summed E-state index contributed by atoms with van der Waals surface area (Å²) < 4.78 is 2.19. The van der Waals surface area contributed by atoms with Gasteiger partial charge in [-0.3, -0.25) is 4.98 Å². The van der Waals surface area contributed by atoms with Crippen molar-refractivity contribution >= 4 is 21.8 Å².